The molecular formula is C25H36N4O2. The van der Waals surface area contributed by atoms with Crippen molar-refractivity contribution in [3.63, 3.8) is 0 Å². The van der Waals surface area contributed by atoms with Crippen LogP contribution in [0.1, 0.15) is 51.4 Å². The van der Waals surface area contributed by atoms with E-state index >= 15 is 0 Å². The van der Waals surface area contributed by atoms with Gasteiger partial charge >= 0.3 is 0 Å². The maximum absolute atomic E-state index is 13.6. The first kappa shape index (κ1) is 19.9. The molecule has 0 aromatic carbocycles. The zero-order chi connectivity index (χ0) is 21.0. The van der Waals surface area contributed by atoms with Crippen LogP contribution in [0.3, 0.4) is 0 Å². The van der Waals surface area contributed by atoms with E-state index in [1.54, 1.807) is 0 Å². The van der Waals surface area contributed by atoms with Crippen molar-refractivity contribution in [1.29, 1.82) is 0 Å². The van der Waals surface area contributed by atoms with Gasteiger partial charge in [-0.15, -0.1) is 0 Å². The van der Waals surface area contributed by atoms with Gasteiger partial charge < -0.3 is 20.6 Å². The second-order valence-corrected chi connectivity index (χ2v) is 11.1. The summed E-state index contributed by atoms with van der Waals surface area (Å²) < 4.78 is 0. The van der Waals surface area contributed by atoms with Gasteiger partial charge in [-0.3, -0.25) is 9.69 Å². The summed E-state index contributed by atoms with van der Waals surface area (Å²) in [5.74, 6) is 3.05. The van der Waals surface area contributed by atoms with Crippen LogP contribution in [0.25, 0.3) is 0 Å². The van der Waals surface area contributed by atoms with E-state index < -0.39 is 0 Å². The van der Waals surface area contributed by atoms with Crippen LogP contribution in [0.2, 0.25) is 0 Å². The molecule has 0 aromatic heterocycles. The van der Waals surface area contributed by atoms with Gasteiger partial charge in [0.05, 0.1) is 11.4 Å². The Labute approximate surface area is 185 Å². The van der Waals surface area contributed by atoms with E-state index in [1.807, 2.05) is 12.3 Å². The monoisotopic (exact) mass is 424 g/mol. The number of rotatable bonds is 5. The highest BCUT2D eigenvalue weighted by atomic mass is 16.3. The number of nitrogens with zero attached hydrogens (tertiary/aromatic N) is 2. The minimum Gasteiger partial charge on any atom is -0.396 e. The average Bonchev–Trinajstić information content (AvgIpc) is 3.12. The Morgan fingerprint density at radius 3 is 2.42 bits per heavy atom. The Morgan fingerprint density at radius 2 is 1.77 bits per heavy atom. The van der Waals surface area contributed by atoms with Gasteiger partial charge in [0.25, 0.3) is 5.91 Å². The molecule has 5 fully saturated rings. The number of hydrogen-bond donors (Lipinski definition) is 3. The number of hydrogen-bond acceptors (Lipinski definition) is 5. The van der Waals surface area contributed by atoms with Crippen molar-refractivity contribution < 1.29 is 9.90 Å². The summed E-state index contributed by atoms with van der Waals surface area (Å²) in [4.78, 5) is 18.1. The number of likely N-dealkylation sites (tertiary alicyclic amines) is 1. The minimum atomic E-state index is -0.353. The first-order valence-electron chi connectivity index (χ1n) is 12.4. The average molecular weight is 425 g/mol. The van der Waals surface area contributed by atoms with Crippen LogP contribution < -0.4 is 10.6 Å². The van der Waals surface area contributed by atoms with Crippen molar-refractivity contribution in [2.45, 2.75) is 63.1 Å². The fourth-order valence-electron chi connectivity index (χ4n) is 7.71. The third-order valence-electron chi connectivity index (χ3n) is 8.81. The van der Waals surface area contributed by atoms with Crippen molar-refractivity contribution >= 4 is 5.91 Å². The standard InChI is InChI=1S/C25H36N4O2/c30-16-17-4-7-28(8-5-17)15-21-22-3-1-2-6-29(22)23(26-21)24(31)27-25-12-18-9-19(13-25)11-20(10-18)14-25/h1-3,6,17-20,23,26,30H,4-5,7-16H2,(H,27,31). The summed E-state index contributed by atoms with van der Waals surface area (Å²) in [7, 11) is 0. The summed E-state index contributed by atoms with van der Waals surface area (Å²) in [5.41, 5.74) is 2.31. The summed E-state index contributed by atoms with van der Waals surface area (Å²) >= 11 is 0. The van der Waals surface area contributed by atoms with Crippen LogP contribution in [0.5, 0.6) is 0 Å². The molecule has 1 saturated heterocycles. The zero-order valence-electron chi connectivity index (χ0n) is 18.4. The van der Waals surface area contributed by atoms with Crippen LogP contribution in [-0.2, 0) is 4.79 Å². The topological polar surface area (TPSA) is 67.8 Å². The number of nitrogens with one attached hydrogen (secondary N) is 2. The van der Waals surface area contributed by atoms with Gasteiger partial charge in [-0.05, 0) is 100 Å². The van der Waals surface area contributed by atoms with Crippen molar-refractivity contribution in [1.82, 2.24) is 20.4 Å². The van der Waals surface area contributed by atoms with Gasteiger partial charge in [-0.1, -0.05) is 6.08 Å². The van der Waals surface area contributed by atoms with E-state index in [2.05, 4.69) is 32.6 Å². The number of carbonyl (C=O) groups excluding carboxylic acids is 1. The molecule has 0 aromatic rings. The fraction of sp³-hybridized carbons (Fsp3) is 0.720. The predicted molar refractivity (Wildman–Crippen MR) is 119 cm³/mol. The minimum absolute atomic E-state index is 0.0396. The molecule has 3 aliphatic heterocycles. The van der Waals surface area contributed by atoms with E-state index in [0.717, 1.165) is 61.6 Å². The molecule has 6 nitrogen and oxygen atoms in total. The van der Waals surface area contributed by atoms with Crippen LogP contribution in [0.4, 0.5) is 0 Å². The smallest absolute Gasteiger partial charge is 0.264 e. The first-order valence-corrected chi connectivity index (χ1v) is 12.4. The lowest BCUT2D eigenvalue weighted by molar-refractivity contribution is -0.131. The number of aliphatic hydroxyl groups excluding tert-OH is 1. The lowest BCUT2D eigenvalue weighted by Gasteiger charge is -2.57. The van der Waals surface area contributed by atoms with Gasteiger partial charge in [0, 0.05) is 24.9 Å². The highest BCUT2D eigenvalue weighted by molar-refractivity contribution is 5.84. The number of allylic oxidation sites excluding steroid dienone is 3. The summed E-state index contributed by atoms with van der Waals surface area (Å²) in [6.45, 7) is 3.15. The molecule has 0 radical (unpaired) electrons. The number of carbonyl (C=O) groups is 1. The molecule has 4 bridgehead atoms. The molecule has 3 heterocycles. The Bertz CT molecular complexity index is 788. The van der Waals surface area contributed by atoms with Crippen molar-refractivity contribution in [2.75, 3.05) is 26.2 Å². The van der Waals surface area contributed by atoms with E-state index in [-0.39, 0.29) is 17.6 Å². The van der Waals surface area contributed by atoms with Gasteiger partial charge in [-0.2, -0.15) is 0 Å². The molecule has 7 rings (SSSR count). The normalized spacial score (nSPS) is 39.2. The van der Waals surface area contributed by atoms with Gasteiger partial charge in [0.15, 0.2) is 6.17 Å². The van der Waals surface area contributed by atoms with E-state index in [1.165, 1.54) is 38.5 Å². The second-order valence-electron chi connectivity index (χ2n) is 11.1. The van der Waals surface area contributed by atoms with Gasteiger partial charge in [0.2, 0.25) is 0 Å². The first-order chi connectivity index (χ1) is 15.1. The van der Waals surface area contributed by atoms with Crippen LogP contribution in [0, 0.1) is 23.7 Å². The fourth-order valence-corrected chi connectivity index (χ4v) is 7.71. The number of amides is 1. The SMILES string of the molecule is O=C(NC12CC3CC(CC(C3)C1)C2)C1NC(CN2CCC(CO)CC2)=C2C=CC=CN21. The second kappa shape index (κ2) is 7.66. The van der Waals surface area contributed by atoms with E-state index in [0.29, 0.717) is 12.5 Å². The molecule has 31 heavy (non-hydrogen) atoms. The number of aliphatic hydroxyl groups is 1. The van der Waals surface area contributed by atoms with Crippen LogP contribution in [0.15, 0.2) is 35.8 Å². The van der Waals surface area contributed by atoms with Crippen molar-refractivity contribution in [3.05, 3.63) is 35.8 Å². The molecule has 0 spiro atoms. The Balaban J connectivity index is 1.15. The Morgan fingerprint density at radius 1 is 1.10 bits per heavy atom. The molecule has 1 atom stereocenters. The Kier molecular flexibility index (Phi) is 4.91. The number of piperidine rings is 1. The van der Waals surface area contributed by atoms with E-state index in [9.17, 15) is 9.90 Å². The van der Waals surface area contributed by atoms with Crippen LogP contribution >= 0.6 is 0 Å². The molecule has 4 aliphatic carbocycles. The molecule has 7 aliphatic rings. The lowest BCUT2D eigenvalue weighted by Crippen LogP contribution is -2.63. The summed E-state index contributed by atoms with van der Waals surface area (Å²) in [6, 6.07) is 0. The predicted octanol–water partition coefficient (Wildman–Crippen LogP) is 2.30. The van der Waals surface area contributed by atoms with Crippen molar-refractivity contribution in [2.24, 2.45) is 23.7 Å². The summed E-state index contributed by atoms with van der Waals surface area (Å²) in [5, 5.41) is 16.6. The molecule has 6 heteroatoms. The van der Waals surface area contributed by atoms with Crippen molar-refractivity contribution in [3.8, 4) is 0 Å². The zero-order valence-corrected chi connectivity index (χ0v) is 18.4. The largest absolute Gasteiger partial charge is 0.396 e. The van der Waals surface area contributed by atoms with Gasteiger partial charge in [-0.25, -0.2) is 0 Å². The maximum Gasteiger partial charge on any atom is 0.264 e. The third-order valence-corrected chi connectivity index (χ3v) is 8.81. The number of fused-ring (bicyclic) bond motifs is 1. The maximum atomic E-state index is 13.6. The van der Waals surface area contributed by atoms with Crippen LogP contribution in [-0.4, -0.2) is 58.8 Å². The highest BCUT2D eigenvalue weighted by Gasteiger charge is 2.52. The molecule has 3 N–H and O–H groups in total. The quantitative estimate of drug-likeness (QED) is 0.632. The Hall–Kier alpha value is -1.79. The lowest BCUT2D eigenvalue weighted by atomic mass is 9.53. The summed E-state index contributed by atoms with van der Waals surface area (Å²) in [6.07, 6.45) is 17.7. The molecule has 1 amide bonds. The highest BCUT2D eigenvalue weighted by Crippen LogP contribution is 2.55. The van der Waals surface area contributed by atoms with E-state index in [4.69, 9.17) is 0 Å². The molecule has 1 unspecified atom stereocenters. The van der Waals surface area contributed by atoms with Gasteiger partial charge in [0.1, 0.15) is 0 Å². The molecule has 168 valence electrons. The third kappa shape index (κ3) is 3.62. The molecular weight excluding hydrogens is 388 g/mol. The molecule has 4 saturated carbocycles.